The molecule has 2 N–H and O–H groups in total. The Bertz CT molecular complexity index is 494. The van der Waals surface area contributed by atoms with E-state index in [1.807, 2.05) is 18.7 Å². The van der Waals surface area contributed by atoms with Gasteiger partial charge in [-0.05, 0) is 42.9 Å². The maximum Gasteiger partial charge on any atom is 0.231 e. The lowest BCUT2D eigenvalue weighted by Gasteiger charge is -2.33. The van der Waals surface area contributed by atoms with Crippen LogP contribution in [0.1, 0.15) is 51.2 Å². The summed E-state index contributed by atoms with van der Waals surface area (Å²) in [7, 11) is 0. The highest BCUT2D eigenvalue weighted by Gasteiger charge is 2.28. The van der Waals surface area contributed by atoms with Gasteiger partial charge in [0.15, 0.2) is 0 Å². The van der Waals surface area contributed by atoms with Crippen molar-refractivity contribution in [1.82, 2.24) is 0 Å². The van der Waals surface area contributed by atoms with Crippen molar-refractivity contribution in [1.29, 1.82) is 0 Å². The van der Waals surface area contributed by atoms with Crippen LogP contribution >= 0.6 is 0 Å². The monoisotopic (exact) mass is 274 g/mol. The van der Waals surface area contributed by atoms with Gasteiger partial charge >= 0.3 is 0 Å². The number of carbonyl (C=O) groups excluding carboxylic acids is 1. The predicted octanol–water partition coefficient (Wildman–Crippen LogP) is 3.07. The van der Waals surface area contributed by atoms with E-state index < -0.39 is 0 Å². The lowest BCUT2D eigenvalue weighted by molar-refractivity contribution is -0.122. The van der Waals surface area contributed by atoms with Crippen molar-refractivity contribution in [3.8, 4) is 0 Å². The first-order chi connectivity index (χ1) is 9.41. The minimum Gasteiger partial charge on any atom is -0.327 e. The van der Waals surface area contributed by atoms with Crippen LogP contribution < -0.4 is 10.6 Å². The van der Waals surface area contributed by atoms with E-state index in [1.54, 1.807) is 0 Å². The maximum atomic E-state index is 12.6. The van der Waals surface area contributed by atoms with Crippen LogP contribution in [0.25, 0.3) is 0 Å². The van der Waals surface area contributed by atoms with Gasteiger partial charge in [0.2, 0.25) is 5.91 Å². The van der Waals surface area contributed by atoms with Gasteiger partial charge in [-0.1, -0.05) is 32.9 Å². The van der Waals surface area contributed by atoms with Crippen LogP contribution in [0.2, 0.25) is 0 Å². The summed E-state index contributed by atoms with van der Waals surface area (Å²) in [6.45, 7) is 9.03. The van der Waals surface area contributed by atoms with Crippen molar-refractivity contribution in [3.63, 3.8) is 0 Å². The number of aryl methyl sites for hydroxylation is 1. The van der Waals surface area contributed by atoms with Crippen LogP contribution in [-0.4, -0.2) is 18.5 Å². The molecule has 0 aliphatic carbocycles. The summed E-state index contributed by atoms with van der Waals surface area (Å²) >= 11 is 0. The molecule has 1 aliphatic heterocycles. The molecule has 0 aromatic heterocycles. The molecule has 0 spiro atoms. The van der Waals surface area contributed by atoms with Crippen molar-refractivity contribution in [2.24, 2.45) is 11.7 Å². The van der Waals surface area contributed by atoms with Crippen molar-refractivity contribution in [2.45, 2.75) is 52.5 Å². The molecule has 0 saturated carbocycles. The van der Waals surface area contributed by atoms with Crippen molar-refractivity contribution in [2.75, 3.05) is 11.4 Å². The Kier molecular flexibility index (Phi) is 4.48. The summed E-state index contributed by atoms with van der Waals surface area (Å²) in [6, 6.07) is 6.40. The molecule has 1 amide bonds. The average Bonchev–Trinajstić information content (AvgIpc) is 2.44. The molecule has 1 aromatic carbocycles. The van der Waals surface area contributed by atoms with Gasteiger partial charge in [-0.2, -0.15) is 0 Å². The number of rotatable bonds is 3. The largest absolute Gasteiger partial charge is 0.327 e. The van der Waals surface area contributed by atoms with E-state index >= 15 is 0 Å². The highest BCUT2D eigenvalue weighted by atomic mass is 16.2. The molecule has 0 saturated heterocycles. The number of benzene rings is 1. The smallest absolute Gasteiger partial charge is 0.231 e. The average molecular weight is 274 g/mol. The number of anilines is 1. The molecule has 0 fully saturated rings. The Hall–Kier alpha value is -1.35. The van der Waals surface area contributed by atoms with Gasteiger partial charge in [-0.3, -0.25) is 4.79 Å². The van der Waals surface area contributed by atoms with Crippen molar-refractivity contribution < 1.29 is 4.79 Å². The van der Waals surface area contributed by atoms with Gasteiger partial charge in [0.1, 0.15) is 0 Å². The van der Waals surface area contributed by atoms with Gasteiger partial charge in [0, 0.05) is 18.3 Å². The Labute approximate surface area is 122 Å². The quantitative estimate of drug-likeness (QED) is 0.920. The summed E-state index contributed by atoms with van der Waals surface area (Å²) in [6.07, 6.45) is 2.10. The number of carbonyl (C=O) groups is 1. The van der Waals surface area contributed by atoms with E-state index in [2.05, 4.69) is 32.0 Å². The minimum absolute atomic E-state index is 0.109. The minimum atomic E-state index is -0.134. The van der Waals surface area contributed by atoms with Crippen molar-refractivity contribution >= 4 is 11.6 Å². The number of amides is 1. The molecule has 1 heterocycles. The first-order valence-electron chi connectivity index (χ1n) is 7.61. The third kappa shape index (κ3) is 2.88. The first-order valence-corrected chi connectivity index (χ1v) is 7.61. The molecule has 1 aliphatic rings. The van der Waals surface area contributed by atoms with E-state index in [4.69, 9.17) is 5.73 Å². The second-order valence-corrected chi connectivity index (χ2v) is 6.28. The summed E-state index contributed by atoms with van der Waals surface area (Å²) < 4.78 is 0. The summed E-state index contributed by atoms with van der Waals surface area (Å²) in [5.74, 6) is 0.540. The molecule has 3 heteroatoms. The van der Waals surface area contributed by atoms with Crippen LogP contribution in [0.5, 0.6) is 0 Å². The number of fused-ring (bicyclic) bond motifs is 1. The molecular formula is C17H26N2O. The van der Waals surface area contributed by atoms with Crippen LogP contribution in [0, 0.1) is 5.92 Å². The Morgan fingerprint density at radius 2 is 1.95 bits per heavy atom. The third-order valence-electron chi connectivity index (χ3n) is 4.33. The molecule has 0 radical (unpaired) electrons. The zero-order chi connectivity index (χ0) is 14.9. The van der Waals surface area contributed by atoms with Crippen LogP contribution in [0.15, 0.2) is 18.2 Å². The topological polar surface area (TPSA) is 46.3 Å². The second kappa shape index (κ2) is 5.96. The fourth-order valence-electron chi connectivity index (χ4n) is 2.68. The van der Waals surface area contributed by atoms with E-state index in [0.717, 1.165) is 25.1 Å². The van der Waals surface area contributed by atoms with Crippen LogP contribution in [0.3, 0.4) is 0 Å². The highest BCUT2D eigenvalue weighted by Crippen LogP contribution is 2.31. The Morgan fingerprint density at radius 3 is 2.55 bits per heavy atom. The number of nitrogens with two attached hydrogens (primary N) is 1. The van der Waals surface area contributed by atoms with Gasteiger partial charge < -0.3 is 10.6 Å². The van der Waals surface area contributed by atoms with Crippen LogP contribution in [0.4, 0.5) is 5.69 Å². The predicted molar refractivity (Wildman–Crippen MR) is 84.0 cm³/mol. The number of nitrogens with zero attached hydrogens (tertiary/aromatic N) is 1. The molecule has 3 nitrogen and oxygen atoms in total. The zero-order valence-electron chi connectivity index (χ0n) is 13.0. The van der Waals surface area contributed by atoms with E-state index in [1.165, 1.54) is 11.1 Å². The molecule has 2 atom stereocenters. The number of hydrogen-bond donors (Lipinski definition) is 1. The Morgan fingerprint density at radius 1 is 1.25 bits per heavy atom. The van der Waals surface area contributed by atoms with E-state index in [-0.39, 0.29) is 17.9 Å². The van der Waals surface area contributed by atoms with E-state index in [9.17, 15) is 4.79 Å². The SMILES string of the molecule is CC(C)c1ccc2c(c1)CCCN2C(=O)C(C)C(C)N. The molecular weight excluding hydrogens is 248 g/mol. The molecule has 20 heavy (non-hydrogen) atoms. The van der Waals surface area contributed by atoms with Crippen LogP contribution in [-0.2, 0) is 11.2 Å². The maximum absolute atomic E-state index is 12.6. The fourth-order valence-corrected chi connectivity index (χ4v) is 2.68. The molecule has 110 valence electrons. The molecule has 2 rings (SSSR count). The molecule has 1 aromatic rings. The lowest BCUT2D eigenvalue weighted by Crippen LogP contribution is -2.44. The lowest BCUT2D eigenvalue weighted by atomic mass is 9.93. The highest BCUT2D eigenvalue weighted by molar-refractivity contribution is 5.96. The summed E-state index contributed by atoms with van der Waals surface area (Å²) in [4.78, 5) is 14.5. The first kappa shape index (κ1) is 15.0. The van der Waals surface area contributed by atoms with Crippen molar-refractivity contribution in [3.05, 3.63) is 29.3 Å². The molecule has 0 bridgehead atoms. The van der Waals surface area contributed by atoms with Gasteiger partial charge in [-0.25, -0.2) is 0 Å². The normalized spacial score (nSPS) is 17.8. The second-order valence-electron chi connectivity index (χ2n) is 6.28. The fraction of sp³-hybridized carbons (Fsp3) is 0.588. The summed E-state index contributed by atoms with van der Waals surface area (Å²) in [5, 5.41) is 0. The van der Waals surface area contributed by atoms with Gasteiger partial charge in [0.05, 0.1) is 5.92 Å². The number of hydrogen-bond acceptors (Lipinski definition) is 2. The molecule has 2 unspecified atom stereocenters. The van der Waals surface area contributed by atoms with E-state index in [0.29, 0.717) is 5.92 Å². The third-order valence-corrected chi connectivity index (χ3v) is 4.33. The zero-order valence-corrected chi connectivity index (χ0v) is 13.0. The van der Waals surface area contributed by atoms with Gasteiger partial charge in [-0.15, -0.1) is 0 Å². The summed E-state index contributed by atoms with van der Waals surface area (Å²) in [5.41, 5.74) is 9.61. The Balaban J connectivity index is 2.31. The standard InChI is InChI=1S/C17H26N2O/c1-11(2)14-7-8-16-15(10-14)6-5-9-19(16)17(20)12(3)13(4)18/h7-8,10-13H,5-6,9,18H2,1-4H3. The van der Waals surface area contributed by atoms with Gasteiger partial charge in [0.25, 0.3) is 0 Å².